The maximum Gasteiger partial charge on any atom is 0.286 e. The van der Waals surface area contributed by atoms with Crippen LogP contribution >= 0.6 is 23.4 Å². The summed E-state index contributed by atoms with van der Waals surface area (Å²) in [6, 6.07) is 4.60. The maximum atomic E-state index is 11.9. The molecular formula is C10H11ClN2O3S2. The number of nitrogens with one attached hydrogen (secondary N) is 1. The molecule has 8 heteroatoms. The summed E-state index contributed by atoms with van der Waals surface area (Å²) in [5.74, 6) is 0.598. The lowest BCUT2D eigenvalue weighted by Crippen LogP contribution is -2.19. The molecule has 0 bridgehead atoms. The van der Waals surface area contributed by atoms with Crippen LogP contribution < -0.4 is 5.32 Å². The molecule has 2 rings (SSSR count). The first-order valence-corrected chi connectivity index (χ1v) is 7.98. The van der Waals surface area contributed by atoms with Crippen molar-refractivity contribution in [1.29, 1.82) is 0 Å². The minimum atomic E-state index is -3.69. The second kappa shape index (κ2) is 5.48. The van der Waals surface area contributed by atoms with Crippen LogP contribution in [-0.4, -0.2) is 31.1 Å². The first-order chi connectivity index (χ1) is 8.53. The van der Waals surface area contributed by atoms with Gasteiger partial charge in [0.25, 0.3) is 10.0 Å². The van der Waals surface area contributed by atoms with E-state index in [1.54, 1.807) is 12.1 Å². The molecule has 1 aliphatic heterocycles. The van der Waals surface area contributed by atoms with Crippen LogP contribution in [0.1, 0.15) is 6.42 Å². The standard InChI is InChI=1S/C10H11ClN2O3S2/c11-7-2-3-8-9(6-7)18(15,16)13-10(12-8)17-5-1-4-14/h2-3,6,14H,1,4-5H2,(H,12,13). The van der Waals surface area contributed by atoms with Gasteiger partial charge in [0, 0.05) is 17.4 Å². The lowest BCUT2D eigenvalue weighted by Gasteiger charge is -2.17. The average molecular weight is 307 g/mol. The fourth-order valence-corrected chi connectivity index (χ4v) is 3.83. The van der Waals surface area contributed by atoms with Crippen LogP contribution in [0.3, 0.4) is 0 Å². The molecule has 1 heterocycles. The average Bonchev–Trinajstić information content (AvgIpc) is 2.30. The first-order valence-electron chi connectivity index (χ1n) is 5.18. The third-order valence-electron chi connectivity index (χ3n) is 2.21. The molecule has 0 aromatic heterocycles. The van der Waals surface area contributed by atoms with Crippen LogP contribution in [0.2, 0.25) is 5.02 Å². The molecule has 0 atom stereocenters. The minimum Gasteiger partial charge on any atom is -0.396 e. The van der Waals surface area contributed by atoms with Gasteiger partial charge in [-0.15, -0.1) is 4.40 Å². The van der Waals surface area contributed by atoms with Crippen molar-refractivity contribution in [1.82, 2.24) is 0 Å². The highest BCUT2D eigenvalue weighted by molar-refractivity contribution is 8.14. The quantitative estimate of drug-likeness (QED) is 0.834. The summed E-state index contributed by atoms with van der Waals surface area (Å²) < 4.78 is 27.5. The Bertz CT molecular complexity index is 587. The molecule has 0 fully saturated rings. The third-order valence-corrected chi connectivity index (χ3v) is 4.83. The van der Waals surface area contributed by atoms with Crippen LogP contribution in [-0.2, 0) is 10.0 Å². The number of hydrogen-bond donors (Lipinski definition) is 2. The highest BCUT2D eigenvalue weighted by Crippen LogP contribution is 2.31. The number of nitrogens with zero attached hydrogens (tertiary/aromatic N) is 1. The van der Waals surface area contributed by atoms with Crippen molar-refractivity contribution in [3.63, 3.8) is 0 Å². The number of rotatable bonds is 3. The van der Waals surface area contributed by atoms with E-state index < -0.39 is 10.0 Å². The lowest BCUT2D eigenvalue weighted by molar-refractivity contribution is 0.296. The number of anilines is 1. The molecule has 1 aromatic rings. The summed E-state index contributed by atoms with van der Waals surface area (Å²) in [6.07, 6.45) is 0.582. The second-order valence-corrected chi connectivity index (χ2v) is 6.66. The van der Waals surface area contributed by atoms with Crippen LogP contribution in [0.5, 0.6) is 0 Å². The molecule has 1 aromatic carbocycles. The molecule has 18 heavy (non-hydrogen) atoms. The van der Waals surface area contributed by atoms with E-state index in [9.17, 15) is 8.42 Å². The lowest BCUT2D eigenvalue weighted by atomic mass is 10.3. The number of hydrogen-bond acceptors (Lipinski definition) is 5. The van der Waals surface area contributed by atoms with E-state index >= 15 is 0 Å². The Morgan fingerprint density at radius 1 is 1.44 bits per heavy atom. The summed E-state index contributed by atoms with van der Waals surface area (Å²) in [7, 11) is -3.69. The van der Waals surface area contributed by atoms with Crippen LogP contribution in [0.15, 0.2) is 27.5 Å². The largest absolute Gasteiger partial charge is 0.396 e. The normalized spacial score (nSPS) is 16.7. The minimum absolute atomic E-state index is 0.0687. The Hall–Kier alpha value is -0.760. The van der Waals surface area contributed by atoms with E-state index in [4.69, 9.17) is 16.7 Å². The predicted octanol–water partition coefficient (Wildman–Crippen LogP) is 1.93. The first kappa shape index (κ1) is 13.7. The summed E-state index contributed by atoms with van der Waals surface area (Å²) in [5.41, 5.74) is 0.473. The van der Waals surface area contributed by atoms with E-state index in [-0.39, 0.29) is 11.5 Å². The highest BCUT2D eigenvalue weighted by Gasteiger charge is 2.25. The van der Waals surface area contributed by atoms with Gasteiger partial charge in [-0.05, 0) is 24.6 Å². The number of thioether (sulfide) groups is 1. The van der Waals surface area contributed by atoms with E-state index in [1.165, 1.54) is 17.8 Å². The third kappa shape index (κ3) is 2.97. The summed E-state index contributed by atoms with van der Waals surface area (Å²) in [4.78, 5) is 0.0847. The molecule has 0 saturated heterocycles. The topological polar surface area (TPSA) is 78.8 Å². The molecule has 2 N–H and O–H groups in total. The van der Waals surface area contributed by atoms with Gasteiger partial charge in [-0.25, -0.2) is 0 Å². The Labute approximate surface area is 114 Å². The second-order valence-electron chi connectivity index (χ2n) is 3.56. The van der Waals surface area contributed by atoms with Gasteiger partial charge in [-0.2, -0.15) is 8.42 Å². The molecular weight excluding hydrogens is 296 g/mol. The van der Waals surface area contributed by atoms with Gasteiger partial charge in [-0.1, -0.05) is 23.4 Å². The van der Waals surface area contributed by atoms with Crippen molar-refractivity contribution in [3.05, 3.63) is 23.2 Å². The zero-order valence-electron chi connectivity index (χ0n) is 9.26. The maximum absolute atomic E-state index is 11.9. The van der Waals surface area contributed by atoms with E-state index in [2.05, 4.69) is 9.71 Å². The van der Waals surface area contributed by atoms with E-state index in [0.29, 0.717) is 28.1 Å². The SMILES string of the molecule is O=S1(=O)N=C(SCCCO)Nc2ccc(Cl)cc21. The fraction of sp³-hybridized carbons (Fsp3) is 0.300. The predicted molar refractivity (Wildman–Crippen MR) is 73.9 cm³/mol. The number of sulfonamides is 1. The van der Waals surface area contributed by atoms with Crippen molar-refractivity contribution >= 4 is 44.2 Å². The number of amidine groups is 1. The van der Waals surface area contributed by atoms with Gasteiger partial charge in [0.15, 0.2) is 5.17 Å². The molecule has 5 nitrogen and oxygen atoms in total. The van der Waals surface area contributed by atoms with Crippen molar-refractivity contribution < 1.29 is 13.5 Å². The Balaban J connectivity index is 2.27. The Morgan fingerprint density at radius 2 is 2.22 bits per heavy atom. The molecule has 98 valence electrons. The van der Waals surface area contributed by atoms with Crippen molar-refractivity contribution in [2.75, 3.05) is 17.7 Å². The van der Waals surface area contributed by atoms with Crippen molar-refractivity contribution in [2.45, 2.75) is 11.3 Å². The molecule has 0 aliphatic carbocycles. The van der Waals surface area contributed by atoms with Crippen LogP contribution in [0.4, 0.5) is 5.69 Å². The van der Waals surface area contributed by atoms with E-state index in [0.717, 1.165) is 0 Å². The monoisotopic (exact) mass is 306 g/mol. The van der Waals surface area contributed by atoms with Crippen LogP contribution in [0.25, 0.3) is 0 Å². The smallest absolute Gasteiger partial charge is 0.286 e. The fourth-order valence-electron chi connectivity index (χ4n) is 1.41. The van der Waals surface area contributed by atoms with Gasteiger partial charge < -0.3 is 10.4 Å². The van der Waals surface area contributed by atoms with E-state index in [1.807, 2.05) is 0 Å². The van der Waals surface area contributed by atoms with Crippen molar-refractivity contribution in [2.24, 2.45) is 4.40 Å². The van der Waals surface area contributed by atoms with Gasteiger partial charge in [0.05, 0.1) is 5.69 Å². The molecule has 1 aliphatic rings. The molecule has 0 radical (unpaired) electrons. The molecule has 0 amide bonds. The van der Waals surface area contributed by atoms with Gasteiger partial charge in [0.1, 0.15) is 4.90 Å². The number of halogens is 1. The highest BCUT2D eigenvalue weighted by atomic mass is 35.5. The summed E-state index contributed by atoms with van der Waals surface area (Å²) >= 11 is 7.03. The molecule has 0 spiro atoms. The Morgan fingerprint density at radius 3 is 2.94 bits per heavy atom. The number of benzene rings is 1. The number of aliphatic hydroxyl groups excluding tert-OH is 1. The number of aliphatic hydroxyl groups is 1. The van der Waals surface area contributed by atoms with Crippen molar-refractivity contribution in [3.8, 4) is 0 Å². The zero-order chi connectivity index (χ0) is 13.2. The van der Waals surface area contributed by atoms with Gasteiger partial charge in [0.2, 0.25) is 0 Å². The van der Waals surface area contributed by atoms with Gasteiger partial charge >= 0.3 is 0 Å². The molecule has 0 unspecified atom stereocenters. The summed E-state index contributed by atoms with van der Waals surface area (Å²) in [6.45, 7) is 0.0687. The van der Waals surface area contributed by atoms with Gasteiger partial charge in [-0.3, -0.25) is 0 Å². The molecule has 0 saturated carbocycles. The number of fused-ring (bicyclic) bond motifs is 1. The zero-order valence-corrected chi connectivity index (χ0v) is 11.6. The summed E-state index contributed by atoms with van der Waals surface area (Å²) in [5, 5.41) is 12.3. The van der Waals surface area contributed by atoms with Crippen LogP contribution in [0, 0.1) is 0 Å². The Kier molecular flexibility index (Phi) is 4.16.